The summed E-state index contributed by atoms with van der Waals surface area (Å²) in [6, 6.07) is 5.78. The lowest BCUT2D eigenvalue weighted by molar-refractivity contribution is 0.0706. The van der Waals surface area contributed by atoms with E-state index < -0.39 is 0 Å². The molecule has 1 aromatic heterocycles. The van der Waals surface area contributed by atoms with Gasteiger partial charge in [-0.25, -0.2) is 4.68 Å². The molecule has 6 nitrogen and oxygen atoms in total. The highest BCUT2D eigenvalue weighted by Crippen LogP contribution is 2.35. The molecule has 1 fully saturated rings. The normalized spacial score (nSPS) is 26.1. The number of tetrazole rings is 1. The molecule has 1 aromatic carbocycles. The number of anilines is 1. The first-order valence-corrected chi connectivity index (χ1v) is 6.79. The second kappa shape index (κ2) is 4.56. The van der Waals surface area contributed by atoms with E-state index in [1.54, 1.807) is 0 Å². The summed E-state index contributed by atoms with van der Waals surface area (Å²) in [6.45, 7) is 6.95. The van der Waals surface area contributed by atoms with Crippen molar-refractivity contribution in [3.63, 3.8) is 0 Å². The van der Waals surface area contributed by atoms with Gasteiger partial charge in [0.05, 0.1) is 11.6 Å². The van der Waals surface area contributed by atoms with Crippen molar-refractivity contribution in [2.75, 3.05) is 12.3 Å². The van der Waals surface area contributed by atoms with Crippen molar-refractivity contribution in [3.05, 3.63) is 23.8 Å². The number of hydrogen-bond donors (Lipinski definition) is 1. The number of ether oxygens (including phenoxy) is 1. The predicted molar refractivity (Wildman–Crippen MR) is 76.1 cm³/mol. The first kappa shape index (κ1) is 13.1. The van der Waals surface area contributed by atoms with Crippen LogP contribution in [-0.2, 0) is 10.3 Å². The first-order chi connectivity index (χ1) is 9.52. The summed E-state index contributed by atoms with van der Waals surface area (Å²) in [4.78, 5) is 0. The summed E-state index contributed by atoms with van der Waals surface area (Å²) in [5.74, 6) is 0.766. The molecular weight excluding hydrogens is 254 g/mol. The number of nitrogens with zero attached hydrogens (tertiary/aromatic N) is 4. The Labute approximate surface area is 117 Å². The third-order valence-electron chi connectivity index (χ3n) is 4.30. The monoisotopic (exact) mass is 273 g/mol. The molecule has 2 atom stereocenters. The van der Waals surface area contributed by atoms with Gasteiger partial charge in [-0.1, -0.05) is 0 Å². The Morgan fingerprint density at radius 1 is 1.45 bits per heavy atom. The Kier molecular flexibility index (Phi) is 2.97. The number of rotatable bonds is 2. The molecule has 3 rings (SSSR count). The Morgan fingerprint density at radius 2 is 2.25 bits per heavy atom. The molecule has 2 unspecified atom stereocenters. The summed E-state index contributed by atoms with van der Waals surface area (Å²) in [5.41, 5.74) is 8.41. The SMILES string of the molecule is Cc1cc(N)ccc1-c1nnnn1C1(C)CCOC1C. The Bertz CT molecular complexity index is 638. The summed E-state index contributed by atoms with van der Waals surface area (Å²) >= 11 is 0. The summed E-state index contributed by atoms with van der Waals surface area (Å²) in [5, 5.41) is 12.3. The van der Waals surface area contributed by atoms with Crippen molar-refractivity contribution in [1.29, 1.82) is 0 Å². The van der Waals surface area contributed by atoms with E-state index in [2.05, 4.69) is 29.4 Å². The number of aryl methyl sites for hydroxylation is 1. The van der Waals surface area contributed by atoms with E-state index in [0.29, 0.717) is 0 Å². The molecule has 1 aliphatic rings. The average Bonchev–Trinajstić information content (AvgIpc) is 2.99. The number of hydrogen-bond acceptors (Lipinski definition) is 5. The molecule has 20 heavy (non-hydrogen) atoms. The molecule has 0 spiro atoms. The lowest BCUT2D eigenvalue weighted by Gasteiger charge is -2.28. The van der Waals surface area contributed by atoms with E-state index in [0.717, 1.165) is 35.7 Å². The number of nitrogens with two attached hydrogens (primary N) is 1. The zero-order valence-electron chi connectivity index (χ0n) is 12.0. The molecule has 0 bridgehead atoms. The van der Waals surface area contributed by atoms with Crippen LogP contribution in [0.1, 0.15) is 25.8 Å². The van der Waals surface area contributed by atoms with Gasteiger partial charge in [-0.2, -0.15) is 0 Å². The molecular formula is C14H19N5O. The van der Waals surface area contributed by atoms with Gasteiger partial charge in [0.25, 0.3) is 0 Å². The van der Waals surface area contributed by atoms with Crippen molar-refractivity contribution in [2.24, 2.45) is 0 Å². The fraction of sp³-hybridized carbons (Fsp3) is 0.500. The van der Waals surface area contributed by atoms with E-state index >= 15 is 0 Å². The van der Waals surface area contributed by atoms with E-state index in [4.69, 9.17) is 10.5 Å². The highest BCUT2D eigenvalue weighted by molar-refractivity contribution is 5.63. The van der Waals surface area contributed by atoms with Gasteiger partial charge in [0.15, 0.2) is 5.82 Å². The third-order valence-corrected chi connectivity index (χ3v) is 4.30. The Hall–Kier alpha value is -1.95. The fourth-order valence-corrected chi connectivity index (χ4v) is 2.74. The second-order valence-corrected chi connectivity index (χ2v) is 5.61. The van der Waals surface area contributed by atoms with Gasteiger partial charge in [0, 0.05) is 17.9 Å². The Balaban J connectivity index is 2.11. The van der Waals surface area contributed by atoms with E-state index in [9.17, 15) is 0 Å². The molecule has 2 N–H and O–H groups in total. The van der Waals surface area contributed by atoms with E-state index in [-0.39, 0.29) is 11.6 Å². The standard InChI is InChI=1S/C14H19N5O/c1-9-8-11(15)4-5-12(9)13-16-17-18-19(13)14(3)6-7-20-10(14)2/h4-5,8,10H,6-7,15H2,1-3H3. The van der Waals surface area contributed by atoms with Crippen molar-refractivity contribution in [3.8, 4) is 11.4 Å². The van der Waals surface area contributed by atoms with Gasteiger partial charge in [0.2, 0.25) is 0 Å². The number of nitrogen functional groups attached to an aromatic ring is 1. The quantitative estimate of drug-likeness (QED) is 0.843. The minimum Gasteiger partial charge on any atom is -0.399 e. The first-order valence-electron chi connectivity index (χ1n) is 6.79. The van der Waals surface area contributed by atoms with Gasteiger partial charge in [-0.15, -0.1) is 5.10 Å². The summed E-state index contributed by atoms with van der Waals surface area (Å²) in [6.07, 6.45) is 0.985. The largest absolute Gasteiger partial charge is 0.399 e. The molecule has 2 aromatic rings. The summed E-state index contributed by atoms with van der Waals surface area (Å²) in [7, 11) is 0. The van der Waals surface area contributed by atoms with Gasteiger partial charge in [0.1, 0.15) is 0 Å². The predicted octanol–water partition coefficient (Wildman–Crippen LogP) is 1.75. The number of benzene rings is 1. The minimum atomic E-state index is -0.216. The Morgan fingerprint density at radius 3 is 2.90 bits per heavy atom. The van der Waals surface area contributed by atoms with Crippen LogP contribution in [0, 0.1) is 6.92 Å². The van der Waals surface area contributed by atoms with Gasteiger partial charge in [-0.05, 0) is 61.4 Å². The van der Waals surface area contributed by atoms with Crippen LogP contribution in [0.5, 0.6) is 0 Å². The maximum Gasteiger partial charge on any atom is 0.182 e. The van der Waals surface area contributed by atoms with Crippen LogP contribution in [0.3, 0.4) is 0 Å². The lowest BCUT2D eigenvalue weighted by atomic mass is 9.94. The number of aromatic nitrogens is 4. The van der Waals surface area contributed by atoms with Crippen LogP contribution in [0.4, 0.5) is 5.69 Å². The van der Waals surface area contributed by atoms with Crippen LogP contribution < -0.4 is 5.73 Å². The van der Waals surface area contributed by atoms with Crippen LogP contribution >= 0.6 is 0 Å². The fourth-order valence-electron chi connectivity index (χ4n) is 2.74. The molecule has 1 aliphatic heterocycles. The van der Waals surface area contributed by atoms with Gasteiger partial charge in [-0.3, -0.25) is 0 Å². The minimum absolute atomic E-state index is 0.0823. The average molecular weight is 273 g/mol. The molecule has 1 saturated heterocycles. The molecule has 2 heterocycles. The third kappa shape index (κ3) is 1.87. The van der Waals surface area contributed by atoms with Crippen molar-refractivity contribution in [1.82, 2.24) is 20.2 Å². The maximum atomic E-state index is 5.81. The van der Waals surface area contributed by atoms with Crippen molar-refractivity contribution in [2.45, 2.75) is 38.8 Å². The van der Waals surface area contributed by atoms with Crippen LogP contribution in [0.2, 0.25) is 0 Å². The zero-order chi connectivity index (χ0) is 14.3. The van der Waals surface area contributed by atoms with Crippen LogP contribution in [0.25, 0.3) is 11.4 Å². The molecule has 0 radical (unpaired) electrons. The van der Waals surface area contributed by atoms with Crippen molar-refractivity contribution >= 4 is 5.69 Å². The summed E-state index contributed by atoms with van der Waals surface area (Å²) < 4.78 is 7.59. The smallest absolute Gasteiger partial charge is 0.182 e. The topological polar surface area (TPSA) is 78.9 Å². The maximum absolute atomic E-state index is 5.81. The zero-order valence-corrected chi connectivity index (χ0v) is 12.0. The molecule has 106 valence electrons. The van der Waals surface area contributed by atoms with Crippen LogP contribution in [-0.4, -0.2) is 32.9 Å². The van der Waals surface area contributed by atoms with E-state index in [1.165, 1.54) is 0 Å². The molecule has 0 amide bonds. The highest BCUT2D eigenvalue weighted by Gasteiger charge is 2.41. The molecule has 0 aliphatic carbocycles. The van der Waals surface area contributed by atoms with E-state index in [1.807, 2.05) is 29.8 Å². The molecule has 0 saturated carbocycles. The molecule has 6 heteroatoms. The second-order valence-electron chi connectivity index (χ2n) is 5.61. The highest BCUT2D eigenvalue weighted by atomic mass is 16.5. The lowest BCUT2D eigenvalue weighted by Crippen LogP contribution is -2.38. The van der Waals surface area contributed by atoms with Gasteiger partial charge >= 0.3 is 0 Å². The van der Waals surface area contributed by atoms with Crippen LogP contribution in [0.15, 0.2) is 18.2 Å². The van der Waals surface area contributed by atoms with Crippen molar-refractivity contribution < 1.29 is 4.74 Å². The van der Waals surface area contributed by atoms with Gasteiger partial charge < -0.3 is 10.5 Å².